The number of nitrogens with one attached hydrogen (secondary N) is 1. The zero-order valence-electron chi connectivity index (χ0n) is 28.1. The quantitative estimate of drug-likeness (QED) is 0.134. The van der Waals surface area contributed by atoms with Gasteiger partial charge in [-0.3, -0.25) is 14.5 Å². The second-order valence-electron chi connectivity index (χ2n) is 11.6. The molecule has 2 N–H and O–H groups in total. The largest absolute Gasteiger partial charge is 0.467 e. The molecule has 3 unspecified atom stereocenters. The number of carboxylic acid groups (broad SMARTS) is 1. The lowest BCUT2D eigenvalue weighted by Crippen LogP contribution is -2.58. The molecule has 4 rings (SSSR count). The number of carbonyl (C=O) groups is 4. The van der Waals surface area contributed by atoms with Crippen LogP contribution in [0.15, 0.2) is 54.6 Å². The molecule has 0 aliphatic carbocycles. The number of methoxy groups -OCH3 is 2. The van der Waals surface area contributed by atoms with Crippen molar-refractivity contribution in [3.8, 4) is 11.5 Å². The van der Waals surface area contributed by atoms with Gasteiger partial charge in [0.2, 0.25) is 6.23 Å². The molecule has 0 bridgehead atoms. The molecular weight excluding hydrogens is 639 g/mol. The molecule has 12 nitrogen and oxygen atoms in total. The van der Waals surface area contributed by atoms with Gasteiger partial charge in [0.05, 0.1) is 17.2 Å². The van der Waals surface area contributed by atoms with Crippen molar-refractivity contribution in [3.63, 3.8) is 0 Å². The summed E-state index contributed by atoms with van der Waals surface area (Å²) in [6, 6.07) is 12.6. The van der Waals surface area contributed by atoms with E-state index in [9.17, 15) is 24.3 Å². The van der Waals surface area contributed by atoms with Gasteiger partial charge in [0.15, 0.2) is 19.4 Å². The monoisotopic (exact) mass is 680 g/mol. The average Bonchev–Trinajstić information content (AvgIpc) is 3.26. The molecule has 0 spiro atoms. The first-order valence-electron chi connectivity index (χ1n) is 15.8. The number of nitrogens with zero attached hydrogens (tertiary/aromatic N) is 1. The van der Waals surface area contributed by atoms with E-state index < -0.39 is 47.8 Å². The number of aryl methyl sites for hydroxylation is 3. The van der Waals surface area contributed by atoms with Crippen molar-refractivity contribution >= 4 is 23.8 Å². The molecule has 13 heteroatoms. The van der Waals surface area contributed by atoms with E-state index in [1.165, 1.54) is 38.5 Å². The van der Waals surface area contributed by atoms with Gasteiger partial charge in [0.1, 0.15) is 17.3 Å². The fourth-order valence-electron chi connectivity index (χ4n) is 5.93. The lowest BCUT2D eigenvalue weighted by Gasteiger charge is -2.35. The molecule has 3 atom stereocenters. The molecule has 1 aliphatic rings. The Kier molecular flexibility index (Phi) is 12.7. The summed E-state index contributed by atoms with van der Waals surface area (Å²) >= 11 is 0. The van der Waals surface area contributed by atoms with E-state index in [0.29, 0.717) is 16.9 Å². The van der Waals surface area contributed by atoms with Crippen LogP contribution in [-0.2, 0) is 20.6 Å². The topological polar surface area (TPSA) is 150 Å². The van der Waals surface area contributed by atoms with Gasteiger partial charge in [-0.1, -0.05) is 31.2 Å². The van der Waals surface area contributed by atoms with Crippen LogP contribution < -0.4 is 14.8 Å². The molecule has 1 heterocycles. The highest BCUT2D eigenvalue weighted by atomic mass is 19.1. The van der Waals surface area contributed by atoms with Crippen LogP contribution in [0, 0.1) is 25.6 Å². The Labute approximate surface area is 284 Å². The maximum absolute atomic E-state index is 16.0. The molecule has 49 heavy (non-hydrogen) atoms. The smallest absolute Gasteiger partial charge is 0.410 e. The number of ketones is 1. The number of hydrogen-bond donors (Lipinski definition) is 2. The number of ether oxygens (including phenoxy) is 5. The van der Waals surface area contributed by atoms with Gasteiger partial charge in [0.25, 0.3) is 5.91 Å². The Morgan fingerprint density at radius 3 is 2.20 bits per heavy atom. The van der Waals surface area contributed by atoms with Gasteiger partial charge >= 0.3 is 12.1 Å². The number of esters is 1. The molecule has 1 aliphatic heterocycles. The average molecular weight is 681 g/mol. The van der Waals surface area contributed by atoms with E-state index in [-0.39, 0.29) is 67.4 Å². The zero-order valence-corrected chi connectivity index (χ0v) is 28.1. The van der Waals surface area contributed by atoms with Gasteiger partial charge in [-0.25, -0.2) is 14.0 Å². The van der Waals surface area contributed by atoms with Crippen molar-refractivity contribution in [1.29, 1.82) is 0 Å². The summed E-state index contributed by atoms with van der Waals surface area (Å²) in [5.74, 6) is -3.93. The minimum atomic E-state index is -1.67. The van der Waals surface area contributed by atoms with E-state index in [1.807, 2.05) is 0 Å². The van der Waals surface area contributed by atoms with Crippen LogP contribution >= 0.6 is 0 Å². The third-order valence-corrected chi connectivity index (χ3v) is 8.27. The lowest BCUT2D eigenvalue weighted by atomic mass is 9.85. The van der Waals surface area contributed by atoms with Crippen LogP contribution in [0.3, 0.4) is 0 Å². The summed E-state index contributed by atoms with van der Waals surface area (Å²) in [5, 5.41) is 13.1. The van der Waals surface area contributed by atoms with Crippen LogP contribution in [0.25, 0.3) is 0 Å². The summed E-state index contributed by atoms with van der Waals surface area (Å²) in [6.45, 7) is 4.80. The fourth-order valence-corrected chi connectivity index (χ4v) is 5.93. The van der Waals surface area contributed by atoms with Crippen LogP contribution in [0.5, 0.6) is 11.5 Å². The van der Waals surface area contributed by atoms with E-state index >= 15 is 4.39 Å². The van der Waals surface area contributed by atoms with E-state index in [1.54, 1.807) is 51.1 Å². The highest BCUT2D eigenvalue weighted by Crippen LogP contribution is 2.34. The molecule has 0 aromatic heterocycles. The molecule has 1 saturated heterocycles. The lowest BCUT2D eigenvalue weighted by molar-refractivity contribution is -0.0416. The van der Waals surface area contributed by atoms with Crippen molar-refractivity contribution in [3.05, 3.63) is 93.8 Å². The number of carbonyl (C=O) groups excluding carboxylic acids is 3. The van der Waals surface area contributed by atoms with Crippen molar-refractivity contribution in [2.45, 2.75) is 52.3 Å². The number of amides is 2. The third-order valence-electron chi connectivity index (χ3n) is 8.27. The van der Waals surface area contributed by atoms with Crippen molar-refractivity contribution in [1.82, 2.24) is 10.2 Å². The van der Waals surface area contributed by atoms with E-state index in [2.05, 4.69) is 5.32 Å². The SMILES string of the molecule is CCc1ccc(OCOC)c(C(=O)C2CCCN(C(=O)O)C(OC(=O)c3ccccc3)C2NC(=O)c2cc(C)c(OCOC)c(C)c2)c1F. The summed E-state index contributed by atoms with van der Waals surface area (Å²) in [7, 11) is 2.86. The zero-order chi connectivity index (χ0) is 35.7. The van der Waals surface area contributed by atoms with Crippen LogP contribution in [0.2, 0.25) is 0 Å². The van der Waals surface area contributed by atoms with Crippen LogP contribution in [0.4, 0.5) is 9.18 Å². The number of hydrogen-bond acceptors (Lipinski definition) is 9. The fraction of sp³-hybridized carbons (Fsp3) is 0.389. The summed E-state index contributed by atoms with van der Waals surface area (Å²) < 4.78 is 43.1. The van der Waals surface area contributed by atoms with Gasteiger partial charge in [-0.2, -0.15) is 0 Å². The molecule has 262 valence electrons. The van der Waals surface area contributed by atoms with Gasteiger partial charge < -0.3 is 34.1 Å². The maximum atomic E-state index is 16.0. The Morgan fingerprint density at radius 1 is 0.939 bits per heavy atom. The molecule has 0 saturated carbocycles. The highest BCUT2D eigenvalue weighted by molar-refractivity contribution is 6.02. The molecule has 2 amide bonds. The standard InChI is InChI=1S/C36H41FN2O10/c1-6-23-14-15-27(47-19-45-4)28(29(23)37)31(40)26-13-10-16-39(36(43)44)34(49-35(42)24-11-8-7-9-12-24)30(26)38-33(41)25-17-21(2)32(22(3)18-25)48-20-46-5/h7-9,11-12,14-15,17-18,26,30,34H,6,10,13,16,19-20H2,1-5H3,(H,38,41)(H,43,44). The second-order valence-corrected chi connectivity index (χ2v) is 11.6. The van der Waals surface area contributed by atoms with Crippen LogP contribution in [-0.4, -0.2) is 80.4 Å². The highest BCUT2D eigenvalue weighted by Gasteiger charge is 2.46. The second kappa shape index (κ2) is 16.9. The van der Waals surface area contributed by atoms with Crippen molar-refractivity contribution < 1.29 is 52.4 Å². The Balaban J connectivity index is 1.85. The Bertz CT molecular complexity index is 1640. The van der Waals surface area contributed by atoms with Crippen molar-refractivity contribution in [2.24, 2.45) is 5.92 Å². The van der Waals surface area contributed by atoms with Gasteiger partial charge in [-0.15, -0.1) is 0 Å². The summed E-state index contributed by atoms with van der Waals surface area (Å²) in [5.41, 5.74) is 1.42. The number of likely N-dealkylation sites (tertiary alicyclic amines) is 1. The van der Waals surface area contributed by atoms with E-state index in [0.717, 1.165) is 4.90 Å². The number of benzene rings is 3. The van der Waals surface area contributed by atoms with E-state index in [4.69, 9.17) is 23.7 Å². The minimum Gasteiger partial charge on any atom is -0.467 e. The first-order chi connectivity index (χ1) is 23.5. The summed E-state index contributed by atoms with van der Waals surface area (Å²) in [4.78, 5) is 55.4. The molecular formula is C36H41FN2O10. The number of Topliss-reactive ketones (excluding diaryl/α,β-unsaturated/α-hetero) is 1. The Hall–Kier alpha value is -5.01. The summed E-state index contributed by atoms with van der Waals surface area (Å²) in [6.07, 6.45) is -2.67. The van der Waals surface area contributed by atoms with Crippen LogP contribution in [0.1, 0.15) is 67.5 Å². The maximum Gasteiger partial charge on any atom is 0.410 e. The molecule has 1 fully saturated rings. The van der Waals surface area contributed by atoms with Crippen molar-refractivity contribution in [2.75, 3.05) is 34.4 Å². The first-order valence-corrected chi connectivity index (χ1v) is 15.8. The molecule has 3 aromatic rings. The molecule has 3 aromatic carbocycles. The predicted molar refractivity (Wildman–Crippen MR) is 175 cm³/mol. The van der Waals surface area contributed by atoms with Gasteiger partial charge in [-0.05, 0) is 80.1 Å². The normalized spacial score (nSPS) is 17.5. The Morgan fingerprint density at radius 2 is 1.59 bits per heavy atom. The minimum absolute atomic E-state index is 0.00948. The molecule has 0 radical (unpaired) electrons. The number of rotatable bonds is 13. The first kappa shape index (κ1) is 36.8. The third kappa shape index (κ3) is 8.54. The number of halogens is 1. The van der Waals surface area contributed by atoms with Gasteiger partial charge in [0, 0.05) is 32.2 Å². The predicted octanol–water partition coefficient (Wildman–Crippen LogP) is 5.52.